The molecule has 8 rings (SSSR count). The van der Waals surface area contributed by atoms with E-state index in [0.717, 1.165) is 7.11 Å². The second kappa shape index (κ2) is 10.5. The number of carbonyl (C=O) groups is 4. The molecule has 0 aromatic carbocycles. The van der Waals surface area contributed by atoms with Crippen molar-refractivity contribution in [3.63, 3.8) is 0 Å². The Morgan fingerprint density at radius 2 is 1.71 bits per heavy atom. The fourth-order valence-corrected chi connectivity index (χ4v) is 12.0. The van der Waals surface area contributed by atoms with Gasteiger partial charge >= 0.3 is 23.9 Å². The van der Waals surface area contributed by atoms with E-state index in [1.807, 2.05) is 0 Å². The largest absolute Gasteiger partial charge is 0.469 e. The van der Waals surface area contributed by atoms with Crippen LogP contribution in [-0.2, 0) is 61.8 Å². The van der Waals surface area contributed by atoms with Crippen molar-refractivity contribution in [3.8, 4) is 0 Å². The lowest BCUT2D eigenvalue weighted by Gasteiger charge is -2.65. The molecule has 5 unspecified atom stereocenters. The summed E-state index contributed by atoms with van der Waals surface area (Å²) < 4.78 is 54.7. The second-order valence-corrected chi connectivity index (χ2v) is 15.8. The van der Waals surface area contributed by atoms with Crippen LogP contribution in [0.3, 0.4) is 0 Å². The summed E-state index contributed by atoms with van der Waals surface area (Å²) in [6, 6.07) is 0. The minimum absolute atomic E-state index is 0.242. The van der Waals surface area contributed by atoms with E-state index >= 15 is 0 Å². The molecule has 0 aromatic rings. The van der Waals surface area contributed by atoms with Gasteiger partial charge in [0.25, 0.3) is 5.79 Å². The Labute approximate surface area is 293 Å². The van der Waals surface area contributed by atoms with Gasteiger partial charge in [-0.1, -0.05) is 13.0 Å². The second-order valence-electron chi connectivity index (χ2n) is 15.8. The summed E-state index contributed by atoms with van der Waals surface area (Å²) in [5.74, 6) is -9.57. The highest BCUT2D eigenvalue weighted by molar-refractivity contribution is 5.88. The molecule has 16 atom stereocenters. The summed E-state index contributed by atoms with van der Waals surface area (Å²) in [5.41, 5.74) is -9.37. The molecule has 1 spiro atoms. The number of aliphatic hydroxyl groups excluding tert-OH is 1. The molecule has 3 aliphatic carbocycles. The van der Waals surface area contributed by atoms with Gasteiger partial charge in [-0.3, -0.25) is 9.59 Å². The molecule has 16 nitrogen and oxygen atoms in total. The van der Waals surface area contributed by atoms with Gasteiger partial charge in [0.2, 0.25) is 6.29 Å². The number of methoxy groups -OCH3 is 1. The van der Waals surface area contributed by atoms with E-state index in [1.165, 1.54) is 26.2 Å². The zero-order valence-corrected chi connectivity index (χ0v) is 29.4. The predicted molar refractivity (Wildman–Crippen MR) is 164 cm³/mol. The van der Waals surface area contributed by atoms with Crippen molar-refractivity contribution in [2.75, 3.05) is 20.3 Å². The molecule has 3 saturated carbocycles. The minimum Gasteiger partial charge on any atom is -0.469 e. The summed E-state index contributed by atoms with van der Waals surface area (Å²) in [7, 11) is 1.07. The summed E-state index contributed by atoms with van der Waals surface area (Å²) in [4.78, 5) is 53.1. The van der Waals surface area contributed by atoms with Gasteiger partial charge < -0.3 is 58.0 Å². The normalized spacial score (nSPS) is 53.9. The van der Waals surface area contributed by atoms with E-state index < -0.39 is 124 Å². The lowest BCUT2D eigenvalue weighted by atomic mass is 9.39. The average Bonchev–Trinajstić information content (AvgIpc) is 3.42. The van der Waals surface area contributed by atoms with Crippen LogP contribution in [0.2, 0.25) is 0 Å². The van der Waals surface area contributed by atoms with Crippen molar-refractivity contribution < 1.29 is 77.1 Å². The third kappa shape index (κ3) is 3.79. The molecule has 2 bridgehead atoms. The van der Waals surface area contributed by atoms with Gasteiger partial charge in [-0.15, -0.1) is 0 Å². The molecule has 280 valence electrons. The summed E-state index contributed by atoms with van der Waals surface area (Å²) in [6.07, 6.45) is -2.95. The Hall–Kier alpha value is -3.12. The van der Waals surface area contributed by atoms with E-state index in [1.54, 1.807) is 33.8 Å². The van der Waals surface area contributed by atoms with Crippen LogP contribution in [0, 0.1) is 28.6 Å². The first-order valence-electron chi connectivity index (χ1n) is 17.2. The maximum Gasteiger partial charge on any atom is 0.366 e. The van der Waals surface area contributed by atoms with E-state index in [-0.39, 0.29) is 25.0 Å². The molecule has 51 heavy (non-hydrogen) atoms. The third-order valence-electron chi connectivity index (χ3n) is 13.8. The molecule has 5 aliphatic heterocycles. The first-order chi connectivity index (χ1) is 23.9. The zero-order valence-electron chi connectivity index (χ0n) is 29.4. The molecule has 0 radical (unpaired) electrons. The molecule has 8 aliphatic rings. The first-order valence-corrected chi connectivity index (χ1v) is 17.2. The Morgan fingerprint density at radius 1 is 0.980 bits per heavy atom. The van der Waals surface area contributed by atoms with Gasteiger partial charge in [-0.2, -0.15) is 0 Å². The maximum atomic E-state index is 13.9. The Bertz CT molecular complexity index is 1660. The molecule has 16 heteroatoms. The highest BCUT2D eigenvalue weighted by Crippen LogP contribution is 2.82. The van der Waals surface area contributed by atoms with Gasteiger partial charge in [-0.05, 0) is 33.3 Å². The standard InChI is InChI=1S/C35H44O16/c1-8-15(2)25(39)48-19-12-20(47-16(3)36)33(50-17(4)37)14-45-22-23(33)31(19)13-46-34(42,27(40)43-7)26(31)29(5,24(22)38)35-21-11-18(30(35,6)51-35)32(41)9-10-44-28(32)49-21/h8-10,18-24,26,28,38,41-42H,11-14H2,1-7H3/b15-8+/t18?,19-,20+,21+,22+,23?,24+,26-,28-,29+,30?,31-,32?,33-,34?,35-/m0/s1. The number of fused-ring (bicyclic) bond motifs is 7. The smallest absolute Gasteiger partial charge is 0.366 e. The number of rotatable bonds is 6. The number of epoxide rings is 1. The maximum absolute atomic E-state index is 13.9. The molecular weight excluding hydrogens is 676 g/mol. The Morgan fingerprint density at radius 3 is 2.35 bits per heavy atom. The molecule has 4 saturated heterocycles. The van der Waals surface area contributed by atoms with Crippen molar-refractivity contribution >= 4 is 23.9 Å². The predicted octanol–water partition coefficient (Wildman–Crippen LogP) is -0.0606. The van der Waals surface area contributed by atoms with Crippen molar-refractivity contribution in [1.82, 2.24) is 0 Å². The highest BCUT2D eigenvalue weighted by atomic mass is 16.7. The number of carbonyl (C=O) groups excluding carboxylic acids is 4. The van der Waals surface area contributed by atoms with Crippen molar-refractivity contribution in [1.29, 1.82) is 0 Å². The topological polar surface area (TPSA) is 215 Å². The SMILES string of the molecule is C/C=C(\C)C(=O)O[C@H]1C[C@@H](OC(C)=O)[C@@]2(OC(C)=O)CO[C@@H]3C2[C@]12COC(O)(C(=O)OC)[C@H]2[C@](C)([C@]12OC1(C)C1C[C@H]2O[C@@H]2OC=CC12O)[C@@H]3O. The fraction of sp³-hybridized carbons (Fsp3) is 0.771. The molecular formula is C35H44O16. The summed E-state index contributed by atoms with van der Waals surface area (Å²) in [6.45, 7) is 8.14. The van der Waals surface area contributed by atoms with E-state index in [2.05, 4.69) is 0 Å². The quantitative estimate of drug-likeness (QED) is 0.142. The van der Waals surface area contributed by atoms with Crippen LogP contribution in [0.25, 0.3) is 0 Å². The monoisotopic (exact) mass is 720 g/mol. The molecule has 5 heterocycles. The molecule has 0 amide bonds. The number of hydrogen-bond acceptors (Lipinski definition) is 16. The van der Waals surface area contributed by atoms with Crippen LogP contribution in [0.4, 0.5) is 0 Å². The van der Waals surface area contributed by atoms with Crippen LogP contribution in [0.1, 0.15) is 54.4 Å². The van der Waals surface area contributed by atoms with E-state index in [9.17, 15) is 34.5 Å². The van der Waals surface area contributed by atoms with E-state index in [0.29, 0.717) is 0 Å². The minimum atomic E-state index is -2.81. The number of hydrogen-bond donors (Lipinski definition) is 3. The summed E-state index contributed by atoms with van der Waals surface area (Å²) in [5, 5.41) is 37.4. The van der Waals surface area contributed by atoms with Gasteiger partial charge in [0.15, 0.2) is 11.2 Å². The van der Waals surface area contributed by atoms with Gasteiger partial charge in [0, 0.05) is 54.4 Å². The van der Waals surface area contributed by atoms with Gasteiger partial charge in [0.05, 0.1) is 44.9 Å². The number of aliphatic hydroxyl groups is 3. The lowest BCUT2D eigenvalue weighted by molar-refractivity contribution is -0.320. The fourth-order valence-electron chi connectivity index (χ4n) is 12.0. The number of allylic oxidation sites excluding steroid dienone is 1. The van der Waals surface area contributed by atoms with Crippen LogP contribution in [0.15, 0.2) is 24.0 Å². The first kappa shape index (κ1) is 34.9. The Kier molecular flexibility index (Phi) is 7.20. The van der Waals surface area contributed by atoms with Gasteiger partial charge in [-0.25, -0.2) is 9.59 Å². The van der Waals surface area contributed by atoms with Crippen LogP contribution >= 0.6 is 0 Å². The summed E-state index contributed by atoms with van der Waals surface area (Å²) >= 11 is 0. The molecule has 3 N–H and O–H groups in total. The van der Waals surface area contributed by atoms with Crippen molar-refractivity contribution in [2.24, 2.45) is 28.6 Å². The zero-order chi connectivity index (χ0) is 36.9. The number of ether oxygens (including phenoxy) is 9. The third-order valence-corrected chi connectivity index (χ3v) is 13.8. The van der Waals surface area contributed by atoms with Crippen LogP contribution in [0.5, 0.6) is 0 Å². The van der Waals surface area contributed by atoms with Gasteiger partial charge in [0.1, 0.15) is 23.4 Å². The van der Waals surface area contributed by atoms with E-state index in [4.69, 9.17) is 42.6 Å². The average molecular weight is 721 g/mol. The van der Waals surface area contributed by atoms with Crippen molar-refractivity contribution in [2.45, 2.75) is 119 Å². The lowest BCUT2D eigenvalue weighted by Crippen LogP contribution is -2.80. The number of esters is 4. The highest BCUT2D eigenvalue weighted by Gasteiger charge is 2.97. The van der Waals surface area contributed by atoms with Crippen LogP contribution in [-0.4, -0.2) is 125 Å². The van der Waals surface area contributed by atoms with Crippen molar-refractivity contribution in [3.05, 3.63) is 24.0 Å². The Balaban J connectivity index is 1.39. The molecule has 0 aromatic heterocycles. The molecule has 7 fully saturated rings. The van der Waals surface area contributed by atoms with Crippen LogP contribution < -0.4 is 0 Å².